The molecule has 1 aliphatic rings. The van der Waals surface area contributed by atoms with Gasteiger partial charge >= 0.3 is 0 Å². The molecular formula is C23H25FN2O4S. The van der Waals surface area contributed by atoms with Gasteiger partial charge in [0.1, 0.15) is 10.7 Å². The number of rotatable bonds is 4. The standard InChI is InChI=1S/C23H25FN2O4S/c1-4-25-14-22(31(28,29)21-11-15(2)5-6-16(21)3)23(27)17-12-18(24)20(13-19(17)25)26-7-9-30-10-8-26/h5-6,11-14H,4,7-10H2,1-3H3. The Morgan fingerprint density at radius 2 is 1.77 bits per heavy atom. The number of benzene rings is 2. The van der Waals surface area contributed by atoms with E-state index in [0.717, 1.165) is 11.6 Å². The predicted octanol–water partition coefficient (Wildman–Crippen LogP) is 3.45. The molecule has 8 heteroatoms. The number of halogens is 1. The van der Waals surface area contributed by atoms with Crippen LogP contribution in [-0.2, 0) is 21.1 Å². The Labute approximate surface area is 180 Å². The number of hydrogen-bond donors (Lipinski definition) is 0. The Morgan fingerprint density at radius 3 is 2.45 bits per heavy atom. The number of nitrogens with zero attached hydrogens (tertiary/aromatic N) is 2. The molecule has 0 amide bonds. The van der Waals surface area contributed by atoms with Gasteiger partial charge in [0, 0.05) is 25.8 Å². The quantitative estimate of drug-likeness (QED) is 0.617. The molecule has 1 aromatic heterocycles. The molecule has 0 unspecified atom stereocenters. The van der Waals surface area contributed by atoms with E-state index in [1.807, 2.05) is 17.9 Å². The molecule has 0 saturated carbocycles. The zero-order chi connectivity index (χ0) is 22.3. The minimum absolute atomic E-state index is 0.0581. The van der Waals surface area contributed by atoms with Crippen molar-refractivity contribution in [3.8, 4) is 0 Å². The summed E-state index contributed by atoms with van der Waals surface area (Å²) >= 11 is 0. The molecule has 0 spiro atoms. The van der Waals surface area contributed by atoms with Gasteiger partial charge < -0.3 is 14.2 Å². The third kappa shape index (κ3) is 3.74. The largest absolute Gasteiger partial charge is 0.378 e. The van der Waals surface area contributed by atoms with Crippen LogP contribution >= 0.6 is 0 Å². The van der Waals surface area contributed by atoms with E-state index >= 15 is 4.39 Å². The first-order valence-electron chi connectivity index (χ1n) is 10.3. The molecule has 2 heterocycles. The van der Waals surface area contributed by atoms with Crippen LogP contribution in [-0.4, -0.2) is 39.3 Å². The fourth-order valence-corrected chi connectivity index (χ4v) is 5.68. The minimum Gasteiger partial charge on any atom is -0.378 e. The first-order valence-corrected chi connectivity index (χ1v) is 11.7. The van der Waals surface area contributed by atoms with Crippen LogP contribution in [0.25, 0.3) is 10.9 Å². The van der Waals surface area contributed by atoms with Crippen molar-refractivity contribution in [1.82, 2.24) is 4.57 Å². The van der Waals surface area contributed by atoms with Crippen LogP contribution in [0.5, 0.6) is 0 Å². The maximum atomic E-state index is 15.0. The van der Waals surface area contributed by atoms with Crippen molar-refractivity contribution in [3.63, 3.8) is 0 Å². The van der Waals surface area contributed by atoms with Gasteiger partial charge in [0.2, 0.25) is 15.3 Å². The van der Waals surface area contributed by atoms with E-state index in [1.165, 1.54) is 6.20 Å². The van der Waals surface area contributed by atoms with Crippen LogP contribution in [0, 0.1) is 19.7 Å². The van der Waals surface area contributed by atoms with Crippen LogP contribution in [0.4, 0.5) is 10.1 Å². The van der Waals surface area contributed by atoms with Gasteiger partial charge in [-0.2, -0.15) is 0 Å². The summed E-state index contributed by atoms with van der Waals surface area (Å²) in [5, 5.41) is 0.0581. The van der Waals surface area contributed by atoms with Gasteiger partial charge in [0.05, 0.1) is 34.7 Å². The molecule has 0 radical (unpaired) electrons. The first-order chi connectivity index (χ1) is 14.7. The number of pyridine rings is 1. The van der Waals surface area contributed by atoms with Crippen LogP contribution in [0.2, 0.25) is 0 Å². The number of anilines is 1. The van der Waals surface area contributed by atoms with E-state index in [1.54, 1.807) is 36.6 Å². The van der Waals surface area contributed by atoms with Crippen molar-refractivity contribution >= 4 is 26.4 Å². The predicted molar refractivity (Wildman–Crippen MR) is 118 cm³/mol. The van der Waals surface area contributed by atoms with Gasteiger partial charge in [-0.1, -0.05) is 12.1 Å². The maximum Gasteiger partial charge on any atom is 0.212 e. The Morgan fingerprint density at radius 1 is 1.06 bits per heavy atom. The Hall–Kier alpha value is -2.71. The Balaban J connectivity index is 1.96. The summed E-state index contributed by atoms with van der Waals surface area (Å²) in [6, 6.07) is 7.90. The molecular weight excluding hydrogens is 419 g/mol. The summed E-state index contributed by atoms with van der Waals surface area (Å²) in [5.74, 6) is -0.546. The SMILES string of the molecule is CCn1cc(S(=O)(=O)c2cc(C)ccc2C)c(=O)c2cc(F)c(N3CCOCC3)cc21. The zero-order valence-corrected chi connectivity index (χ0v) is 18.6. The second kappa shape index (κ2) is 8.09. The third-order valence-corrected chi connectivity index (χ3v) is 7.62. The van der Waals surface area contributed by atoms with Crippen LogP contribution in [0.3, 0.4) is 0 Å². The molecule has 2 aromatic carbocycles. The molecule has 3 aromatic rings. The molecule has 6 nitrogen and oxygen atoms in total. The van der Waals surface area contributed by atoms with E-state index in [2.05, 4.69) is 0 Å². The highest BCUT2D eigenvalue weighted by molar-refractivity contribution is 7.91. The van der Waals surface area contributed by atoms with Gasteiger partial charge in [-0.3, -0.25) is 4.79 Å². The number of sulfone groups is 1. The lowest BCUT2D eigenvalue weighted by atomic mass is 10.1. The number of morpholine rings is 1. The number of aryl methyl sites for hydroxylation is 3. The normalized spacial score (nSPS) is 14.9. The average molecular weight is 445 g/mol. The lowest BCUT2D eigenvalue weighted by molar-refractivity contribution is 0.122. The fraction of sp³-hybridized carbons (Fsp3) is 0.348. The second-order valence-electron chi connectivity index (χ2n) is 7.80. The van der Waals surface area contributed by atoms with Crippen LogP contribution in [0.1, 0.15) is 18.1 Å². The summed E-state index contributed by atoms with van der Waals surface area (Å²) in [6.07, 6.45) is 1.38. The summed E-state index contributed by atoms with van der Waals surface area (Å²) in [6.45, 7) is 7.90. The van der Waals surface area contributed by atoms with Gasteiger partial charge in [-0.25, -0.2) is 12.8 Å². The number of aromatic nitrogens is 1. The molecule has 0 aliphatic carbocycles. The molecule has 0 atom stereocenters. The van der Waals surface area contributed by atoms with E-state index in [0.29, 0.717) is 49.6 Å². The zero-order valence-electron chi connectivity index (χ0n) is 17.8. The van der Waals surface area contributed by atoms with E-state index in [9.17, 15) is 13.2 Å². The maximum absolute atomic E-state index is 15.0. The van der Waals surface area contributed by atoms with Crippen molar-refractivity contribution in [2.24, 2.45) is 0 Å². The van der Waals surface area contributed by atoms with E-state index < -0.39 is 21.1 Å². The third-order valence-electron chi connectivity index (χ3n) is 5.73. The molecule has 1 aliphatic heterocycles. The topological polar surface area (TPSA) is 68.6 Å². The molecule has 0 N–H and O–H groups in total. The van der Waals surface area contributed by atoms with Crippen molar-refractivity contribution < 1.29 is 17.5 Å². The molecule has 31 heavy (non-hydrogen) atoms. The molecule has 1 saturated heterocycles. The molecule has 4 rings (SSSR count). The van der Waals surface area contributed by atoms with Gasteiger partial charge in [0.15, 0.2) is 0 Å². The van der Waals surface area contributed by atoms with E-state index in [-0.39, 0.29) is 15.2 Å². The molecule has 1 fully saturated rings. The lowest BCUT2D eigenvalue weighted by Gasteiger charge is -2.29. The number of hydrogen-bond acceptors (Lipinski definition) is 5. The monoisotopic (exact) mass is 444 g/mol. The molecule has 0 bridgehead atoms. The minimum atomic E-state index is -4.07. The fourth-order valence-electron chi connectivity index (χ4n) is 3.99. The van der Waals surface area contributed by atoms with Crippen molar-refractivity contribution in [2.75, 3.05) is 31.2 Å². The molecule has 164 valence electrons. The van der Waals surface area contributed by atoms with Gasteiger partial charge in [0.25, 0.3) is 0 Å². The summed E-state index contributed by atoms with van der Waals surface area (Å²) in [4.78, 5) is 14.9. The van der Waals surface area contributed by atoms with Crippen LogP contribution < -0.4 is 10.3 Å². The van der Waals surface area contributed by atoms with Crippen molar-refractivity contribution in [2.45, 2.75) is 37.1 Å². The summed E-state index contributed by atoms with van der Waals surface area (Å²) < 4.78 is 48.9. The number of fused-ring (bicyclic) bond motifs is 1. The van der Waals surface area contributed by atoms with E-state index in [4.69, 9.17) is 4.74 Å². The van der Waals surface area contributed by atoms with Gasteiger partial charge in [-0.05, 0) is 50.1 Å². The second-order valence-corrected chi connectivity index (χ2v) is 9.69. The van der Waals surface area contributed by atoms with Crippen molar-refractivity contribution in [1.29, 1.82) is 0 Å². The smallest absolute Gasteiger partial charge is 0.212 e. The highest BCUT2D eigenvalue weighted by atomic mass is 32.2. The summed E-state index contributed by atoms with van der Waals surface area (Å²) in [5.41, 5.74) is 1.55. The first kappa shape index (κ1) is 21.5. The summed E-state index contributed by atoms with van der Waals surface area (Å²) in [7, 11) is -4.07. The average Bonchev–Trinajstić information content (AvgIpc) is 2.76. The van der Waals surface area contributed by atoms with Gasteiger partial charge in [-0.15, -0.1) is 0 Å². The lowest BCUT2D eigenvalue weighted by Crippen LogP contribution is -2.36. The highest BCUT2D eigenvalue weighted by Crippen LogP contribution is 2.29. The Kier molecular flexibility index (Phi) is 5.61. The van der Waals surface area contributed by atoms with Crippen molar-refractivity contribution in [3.05, 3.63) is 63.7 Å². The number of ether oxygens (including phenoxy) is 1. The Bertz CT molecular complexity index is 1330. The highest BCUT2D eigenvalue weighted by Gasteiger charge is 2.26. The van der Waals surface area contributed by atoms with Crippen LogP contribution in [0.15, 0.2) is 51.1 Å².